The molecule has 0 aromatic rings. The monoisotopic (exact) mass is 214 g/mol. The van der Waals surface area contributed by atoms with Crippen LogP contribution in [-0.4, -0.2) is 38.1 Å². The second-order valence-electron chi connectivity index (χ2n) is 3.57. The minimum atomic E-state index is 0.120. The molecule has 0 amide bonds. The molecular formula is C12H22O3. The SMILES string of the molecule is C=CCOCC(C)C(CO)COCC=C. The molecule has 0 saturated carbocycles. The summed E-state index contributed by atoms with van der Waals surface area (Å²) in [5, 5.41) is 9.17. The van der Waals surface area contributed by atoms with Crippen molar-refractivity contribution in [2.24, 2.45) is 11.8 Å². The van der Waals surface area contributed by atoms with E-state index in [1.165, 1.54) is 0 Å². The first kappa shape index (κ1) is 14.4. The van der Waals surface area contributed by atoms with E-state index in [4.69, 9.17) is 9.47 Å². The van der Waals surface area contributed by atoms with E-state index in [0.717, 1.165) is 0 Å². The summed E-state index contributed by atoms with van der Waals surface area (Å²) in [6.07, 6.45) is 3.42. The Morgan fingerprint density at radius 1 is 1.13 bits per heavy atom. The first-order valence-corrected chi connectivity index (χ1v) is 5.24. The molecule has 0 fully saturated rings. The van der Waals surface area contributed by atoms with Gasteiger partial charge in [-0.3, -0.25) is 0 Å². The van der Waals surface area contributed by atoms with Gasteiger partial charge in [0.25, 0.3) is 0 Å². The molecule has 0 aliphatic rings. The Morgan fingerprint density at radius 2 is 1.67 bits per heavy atom. The molecule has 0 saturated heterocycles. The zero-order valence-corrected chi connectivity index (χ0v) is 9.52. The van der Waals surface area contributed by atoms with Crippen LogP contribution in [0.15, 0.2) is 25.3 Å². The highest BCUT2D eigenvalue weighted by molar-refractivity contribution is 4.69. The van der Waals surface area contributed by atoms with Crippen LogP contribution in [0.25, 0.3) is 0 Å². The molecule has 3 nitrogen and oxygen atoms in total. The van der Waals surface area contributed by atoms with Crippen LogP contribution < -0.4 is 0 Å². The summed E-state index contributed by atoms with van der Waals surface area (Å²) in [5.74, 6) is 0.398. The molecule has 0 aromatic heterocycles. The Labute approximate surface area is 92.4 Å². The van der Waals surface area contributed by atoms with E-state index >= 15 is 0 Å². The molecule has 2 unspecified atom stereocenters. The molecule has 0 aliphatic carbocycles. The fourth-order valence-electron chi connectivity index (χ4n) is 1.17. The van der Waals surface area contributed by atoms with Gasteiger partial charge in [-0.25, -0.2) is 0 Å². The van der Waals surface area contributed by atoms with E-state index in [-0.39, 0.29) is 18.4 Å². The Balaban J connectivity index is 3.71. The van der Waals surface area contributed by atoms with Crippen molar-refractivity contribution in [1.82, 2.24) is 0 Å². The second kappa shape index (κ2) is 9.90. The lowest BCUT2D eigenvalue weighted by Crippen LogP contribution is -2.25. The van der Waals surface area contributed by atoms with Crippen molar-refractivity contribution in [3.05, 3.63) is 25.3 Å². The minimum Gasteiger partial charge on any atom is -0.396 e. The second-order valence-corrected chi connectivity index (χ2v) is 3.57. The van der Waals surface area contributed by atoms with E-state index in [0.29, 0.717) is 26.4 Å². The molecule has 0 rings (SSSR count). The molecular weight excluding hydrogens is 192 g/mol. The predicted octanol–water partition coefficient (Wildman–Crippen LogP) is 1.64. The number of aliphatic hydroxyl groups excluding tert-OH is 1. The van der Waals surface area contributed by atoms with Crippen LogP contribution in [-0.2, 0) is 9.47 Å². The Kier molecular flexibility index (Phi) is 9.48. The molecule has 1 N–H and O–H groups in total. The average molecular weight is 214 g/mol. The maximum atomic E-state index is 9.17. The van der Waals surface area contributed by atoms with Crippen LogP contribution >= 0.6 is 0 Å². The molecule has 0 radical (unpaired) electrons. The van der Waals surface area contributed by atoms with Crippen LogP contribution in [0.4, 0.5) is 0 Å². The van der Waals surface area contributed by atoms with Crippen molar-refractivity contribution in [3.63, 3.8) is 0 Å². The molecule has 0 aliphatic heterocycles. The van der Waals surface area contributed by atoms with E-state index in [2.05, 4.69) is 13.2 Å². The molecule has 0 spiro atoms. The molecule has 88 valence electrons. The highest BCUT2D eigenvalue weighted by Gasteiger charge is 2.16. The van der Waals surface area contributed by atoms with Crippen molar-refractivity contribution >= 4 is 0 Å². The van der Waals surface area contributed by atoms with Crippen LogP contribution in [0.3, 0.4) is 0 Å². The van der Waals surface area contributed by atoms with Gasteiger partial charge in [0.2, 0.25) is 0 Å². The highest BCUT2D eigenvalue weighted by Crippen LogP contribution is 2.12. The maximum absolute atomic E-state index is 9.17. The molecule has 15 heavy (non-hydrogen) atoms. The zero-order chi connectivity index (χ0) is 11.5. The highest BCUT2D eigenvalue weighted by atomic mass is 16.5. The minimum absolute atomic E-state index is 0.120. The summed E-state index contributed by atoms with van der Waals surface area (Å²) < 4.78 is 10.6. The fraction of sp³-hybridized carbons (Fsp3) is 0.667. The third-order valence-electron chi connectivity index (χ3n) is 2.22. The van der Waals surface area contributed by atoms with E-state index in [1.54, 1.807) is 12.2 Å². The van der Waals surface area contributed by atoms with Crippen LogP contribution in [0.2, 0.25) is 0 Å². The summed E-state index contributed by atoms with van der Waals surface area (Å²) in [6.45, 7) is 11.5. The largest absolute Gasteiger partial charge is 0.396 e. The van der Waals surface area contributed by atoms with Gasteiger partial charge in [-0.15, -0.1) is 13.2 Å². The number of hydrogen-bond donors (Lipinski definition) is 1. The van der Waals surface area contributed by atoms with Gasteiger partial charge in [0.15, 0.2) is 0 Å². The van der Waals surface area contributed by atoms with Gasteiger partial charge < -0.3 is 14.6 Å². The number of ether oxygens (including phenoxy) is 2. The summed E-state index contributed by atoms with van der Waals surface area (Å²) >= 11 is 0. The van der Waals surface area contributed by atoms with E-state index < -0.39 is 0 Å². The topological polar surface area (TPSA) is 38.7 Å². The average Bonchev–Trinajstić information content (AvgIpc) is 2.24. The van der Waals surface area contributed by atoms with Gasteiger partial charge in [0.05, 0.1) is 19.8 Å². The van der Waals surface area contributed by atoms with Gasteiger partial charge in [-0.2, -0.15) is 0 Å². The first-order valence-electron chi connectivity index (χ1n) is 5.24. The van der Waals surface area contributed by atoms with Crippen molar-refractivity contribution in [2.45, 2.75) is 6.92 Å². The molecule has 0 heterocycles. The van der Waals surface area contributed by atoms with Crippen LogP contribution in [0.1, 0.15) is 6.92 Å². The van der Waals surface area contributed by atoms with Gasteiger partial charge in [-0.05, 0) is 5.92 Å². The normalized spacial score (nSPS) is 14.5. The first-order chi connectivity index (χ1) is 7.26. The molecule has 0 bridgehead atoms. The summed E-state index contributed by atoms with van der Waals surface area (Å²) in [6, 6.07) is 0. The Bertz CT molecular complexity index is 168. The van der Waals surface area contributed by atoms with E-state index in [1.807, 2.05) is 6.92 Å². The Hall–Kier alpha value is -0.640. The fourth-order valence-corrected chi connectivity index (χ4v) is 1.17. The lowest BCUT2D eigenvalue weighted by atomic mass is 9.96. The van der Waals surface area contributed by atoms with E-state index in [9.17, 15) is 5.11 Å². The van der Waals surface area contributed by atoms with Crippen molar-refractivity contribution in [1.29, 1.82) is 0 Å². The third kappa shape index (κ3) is 7.31. The zero-order valence-electron chi connectivity index (χ0n) is 9.52. The summed E-state index contributed by atoms with van der Waals surface area (Å²) in [4.78, 5) is 0. The standard InChI is InChI=1S/C12H22O3/c1-4-6-14-9-11(3)12(8-13)10-15-7-5-2/h4-5,11-13H,1-2,6-10H2,3H3. The van der Waals surface area contributed by atoms with Crippen molar-refractivity contribution in [3.8, 4) is 0 Å². The molecule has 0 aromatic carbocycles. The number of aliphatic hydroxyl groups is 1. The Morgan fingerprint density at radius 3 is 2.13 bits per heavy atom. The lowest BCUT2D eigenvalue weighted by Gasteiger charge is -2.21. The summed E-state index contributed by atoms with van der Waals surface area (Å²) in [7, 11) is 0. The quantitative estimate of drug-likeness (QED) is 0.444. The van der Waals surface area contributed by atoms with Crippen molar-refractivity contribution < 1.29 is 14.6 Å². The lowest BCUT2D eigenvalue weighted by molar-refractivity contribution is 0.0291. The van der Waals surface area contributed by atoms with Crippen LogP contribution in [0.5, 0.6) is 0 Å². The predicted molar refractivity (Wildman–Crippen MR) is 61.8 cm³/mol. The maximum Gasteiger partial charge on any atom is 0.0644 e. The number of rotatable bonds is 10. The third-order valence-corrected chi connectivity index (χ3v) is 2.22. The van der Waals surface area contributed by atoms with Crippen LogP contribution in [0, 0.1) is 11.8 Å². The van der Waals surface area contributed by atoms with Gasteiger partial charge in [-0.1, -0.05) is 19.1 Å². The van der Waals surface area contributed by atoms with Gasteiger partial charge in [0.1, 0.15) is 0 Å². The molecule has 2 atom stereocenters. The van der Waals surface area contributed by atoms with Crippen molar-refractivity contribution in [2.75, 3.05) is 33.0 Å². The van der Waals surface area contributed by atoms with Gasteiger partial charge >= 0.3 is 0 Å². The summed E-state index contributed by atoms with van der Waals surface area (Å²) in [5.41, 5.74) is 0. The van der Waals surface area contributed by atoms with Gasteiger partial charge in [0, 0.05) is 19.1 Å². The number of hydrogen-bond acceptors (Lipinski definition) is 3. The smallest absolute Gasteiger partial charge is 0.0644 e. The molecule has 3 heteroatoms.